The lowest BCUT2D eigenvalue weighted by Gasteiger charge is -2.05. The molecule has 0 atom stereocenters. The van der Waals surface area contributed by atoms with Crippen molar-refractivity contribution in [3.63, 3.8) is 0 Å². The molecule has 19 heavy (non-hydrogen) atoms. The molecule has 0 spiro atoms. The van der Waals surface area contributed by atoms with Gasteiger partial charge in [-0.25, -0.2) is 0 Å². The summed E-state index contributed by atoms with van der Waals surface area (Å²) in [7, 11) is 0. The summed E-state index contributed by atoms with van der Waals surface area (Å²) in [6, 6.07) is 5.27. The number of hydrogen-bond acceptors (Lipinski definition) is 4. The van der Waals surface area contributed by atoms with Gasteiger partial charge in [-0.1, -0.05) is 28.4 Å². The van der Waals surface area contributed by atoms with E-state index in [1.807, 2.05) is 6.20 Å². The molecule has 1 heterocycles. The van der Waals surface area contributed by atoms with E-state index in [1.165, 1.54) is 0 Å². The van der Waals surface area contributed by atoms with Crippen molar-refractivity contribution < 1.29 is 5.11 Å². The van der Waals surface area contributed by atoms with Crippen LogP contribution in [0.25, 0.3) is 0 Å². The fraction of sp³-hybridized carbons (Fsp3) is 0.333. The Kier molecular flexibility index (Phi) is 5.01. The quantitative estimate of drug-likeness (QED) is 0.861. The van der Waals surface area contributed by atoms with E-state index in [0.29, 0.717) is 29.6 Å². The number of nitrogens with one attached hydrogen (secondary N) is 1. The number of aryl methyl sites for hydroxylation is 1. The first-order valence-corrected chi connectivity index (χ1v) is 6.63. The van der Waals surface area contributed by atoms with Crippen LogP contribution in [0.4, 0.5) is 5.69 Å². The van der Waals surface area contributed by atoms with Crippen LogP contribution in [0.3, 0.4) is 0 Å². The lowest BCUT2D eigenvalue weighted by Crippen LogP contribution is -2.01. The van der Waals surface area contributed by atoms with Crippen molar-refractivity contribution in [3.8, 4) is 0 Å². The molecule has 2 aromatic rings. The van der Waals surface area contributed by atoms with E-state index in [2.05, 4.69) is 15.6 Å². The third kappa shape index (κ3) is 4.38. The molecule has 1 aromatic carbocycles. The molecule has 0 saturated heterocycles. The Morgan fingerprint density at radius 1 is 1.21 bits per heavy atom. The SMILES string of the molecule is OCCCn1cc(CNc2cc(Cl)cc(Cl)c2)nn1. The number of halogens is 2. The maximum Gasteiger partial charge on any atom is 0.102 e. The predicted molar refractivity (Wildman–Crippen MR) is 75.5 cm³/mol. The summed E-state index contributed by atoms with van der Waals surface area (Å²) >= 11 is 11.8. The first-order valence-electron chi connectivity index (χ1n) is 5.87. The Labute approximate surface area is 121 Å². The fourth-order valence-electron chi connectivity index (χ4n) is 1.61. The summed E-state index contributed by atoms with van der Waals surface area (Å²) in [5.41, 5.74) is 1.65. The third-order valence-electron chi connectivity index (χ3n) is 2.47. The Hall–Kier alpha value is -1.30. The van der Waals surface area contributed by atoms with Crippen molar-refractivity contribution in [2.24, 2.45) is 0 Å². The van der Waals surface area contributed by atoms with Crippen LogP contribution in [0.15, 0.2) is 24.4 Å². The molecule has 0 saturated carbocycles. The maximum atomic E-state index is 8.74. The van der Waals surface area contributed by atoms with Crippen molar-refractivity contribution in [2.75, 3.05) is 11.9 Å². The van der Waals surface area contributed by atoms with Gasteiger partial charge in [-0.05, 0) is 24.6 Å². The number of aromatic nitrogens is 3. The number of aliphatic hydroxyl groups is 1. The maximum absolute atomic E-state index is 8.74. The van der Waals surface area contributed by atoms with Crippen LogP contribution in [0, 0.1) is 0 Å². The number of hydrogen-bond donors (Lipinski definition) is 2. The first-order chi connectivity index (χ1) is 9.17. The van der Waals surface area contributed by atoms with Crippen LogP contribution >= 0.6 is 23.2 Å². The van der Waals surface area contributed by atoms with Gasteiger partial charge in [-0.3, -0.25) is 4.68 Å². The van der Waals surface area contributed by atoms with E-state index in [9.17, 15) is 0 Å². The number of benzene rings is 1. The zero-order valence-electron chi connectivity index (χ0n) is 10.2. The number of aliphatic hydroxyl groups excluding tert-OH is 1. The summed E-state index contributed by atoms with van der Waals surface area (Å²) < 4.78 is 1.71. The second-order valence-electron chi connectivity index (χ2n) is 4.06. The van der Waals surface area contributed by atoms with E-state index in [-0.39, 0.29) is 6.61 Å². The first kappa shape index (κ1) is 14.1. The highest BCUT2D eigenvalue weighted by molar-refractivity contribution is 6.35. The molecule has 2 N–H and O–H groups in total. The zero-order chi connectivity index (χ0) is 13.7. The van der Waals surface area contributed by atoms with Crippen LogP contribution in [0.1, 0.15) is 12.1 Å². The minimum Gasteiger partial charge on any atom is -0.396 e. The predicted octanol–water partition coefficient (Wildman–Crippen LogP) is 2.58. The molecule has 0 aliphatic rings. The van der Waals surface area contributed by atoms with Crippen molar-refractivity contribution in [2.45, 2.75) is 19.5 Å². The monoisotopic (exact) mass is 300 g/mol. The average molecular weight is 301 g/mol. The average Bonchev–Trinajstić information content (AvgIpc) is 2.81. The van der Waals surface area contributed by atoms with E-state index in [4.69, 9.17) is 28.3 Å². The van der Waals surface area contributed by atoms with Gasteiger partial charge >= 0.3 is 0 Å². The van der Waals surface area contributed by atoms with E-state index < -0.39 is 0 Å². The van der Waals surface area contributed by atoms with Crippen molar-refractivity contribution in [1.82, 2.24) is 15.0 Å². The van der Waals surface area contributed by atoms with Crippen LogP contribution in [-0.4, -0.2) is 26.7 Å². The second kappa shape index (κ2) is 6.75. The van der Waals surface area contributed by atoms with E-state index in [1.54, 1.807) is 22.9 Å². The largest absolute Gasteiger partial charge is 0.396 e. The molecule has 7 heteroatoms. The van der Waals surface area contributed by atoms with Gasteiger partial charge in [0.25, 0.3) is 0 Å². The molecule has 0 fully saturated rings. The van der Waals surface area contributed by atoms with Gasteiger partial charge in [0.15, 0.2) is 0 Å². The zero-order valence-corrected chi connectivity index (χ0v) is 11.7. The molecule has 0 bridgehead atoms. The van der Waals surface area contributed by atoms with Gasteiger partial charge in [0, 0.05) is 28.9 Å². The lowest BCUT2D eigenvalue weighted by molar-refractivity contribution is 0.276. The summed E-state index contributed by atoms with van der Waals surface area (Å²) in [6.07, 6.45) is 2.51. The number of anilines is 1. The molecule has 0 unspecified atom stereocenters. The van der Waals surface area contributed by atoms with Crippen LogP contribution in [0.2, 0.25) is 10.0 Å². The fourth-order valence-corrected chi connectivity index (χ4v) is 2.14. The summed E-state index contributed by atoms with van der Waals surface area (Å²) in [4.78, 5) is 0. The third-order valence-corrected chi connectivity index (χ3v) is 2.90. The summed E-state index contributed by atoms with van der Waals surface area (Å²) in [6.45, 7) is 1.34. The minimum absolute atomic E-state index is 0.147. The van der Waals surface area contributed by atoms with Gasteiger partial charge in [-0.15, -0.1) is 5.10 Å². The van der Waals surface area contributed by atoms with Gasteiger partial charge in [0.1, 0.15) is 5.69 Å². The molecule has 0 aliphatic carbocycles. The molecule has 2 rings (SSSR count). The highest BCUT2D eigenvalue weighted by atomic mass is 35.5. The molecule has 5 nitrogen and oxygen atoms in total. The Bertz CT molecular complexity index is 524. The molecular formula is C12H14Cl2N4O. The molecule has 1 aromatic heterocycles. The smallest absolute Gasteiger partial charge is 0.102 e. The Balaban J connectivity index is 1.92. The number of nitrogens with zero attached hydrogens (tertiary/aromatic N) is 3. The molecule has 0 aliphatic heterocycles. The van der Waals surface area contributed by atoms with Crippen LogP contribution in [0.5, 0.6) is 0 Å². The Morgan fingerprint density at radius 3 is 2.63 bits per heavy atom. The van der Waals surface area contributed by atoms with Crippen LogP contribution < -0.4 is 5.32 Å². The Morgan fingerprint density at radius 2 is 1.95 bits per heavy atom. The van der Waals surface area contributed by atoms with E-state index in [0.717, 1.165) is 11.4 Å². The van der Waals surface area contributed by atoms with Gasteiger partial charge in [0.2, 0.25) is 0 Å². The van der Waals surface area contributed by atoms with Crippen molar-refractivity contribution >= 4 is 28.9 Å². The van der Waals surface area contributed by atoms with E-state index >= 15 is 0 Å². The molecule has 102 valence electrons. The van der Waals surface area contributed by atoms with Gasteiger partial charge in [0.05, 0.1) is 12.7 Å². The normalized spacial score (nSPS) is 10.7. The van der Waals surface area contributed by atoms with Gasteiger partial charge < -0.3 is 10.4 Å². The summed E-state index contributed by atoms with van der Waals surface area (Å²) in [5, 5.41) is 21.1. The highest BCUT2D eigenvalue weighted by Crippen LogP contribution is 2.22. The van der Waals surface area contributed by atoms with Crippen molar-refractivity contribution in [3.05, 3.63) is 40.1 Å². The highest BCUT2D eigenvalue weighted by Gasteiger charge is 2.02. The van der Waals surface area contributed by atoms with Gasteiger partial charge in [-0.2, -0.15) is 0 Å². The summed E-state index contributed by atoms with van der Waals surface area (Å²) in [5.74, 6) is 0. The molecule has 0 amide bonds. The standard InChI is InChI=1S/C12H14Cl2N4O/c13-9-4-10(14)6-11(5-9)15-7-12-8-18(17-16-12)2-1-3-19/h4-6,8,15,19H,1-3,7H2. The topological polar surface area (TPSA) is 63.0 Å². The number of rotatable bonds is 6. The molecular weight excluding hydrogens is 287 g/mol. The molecule has 0 radical (unpaired) electrons. The second-order valence-corrected chi connectivity index (χ2v) is 4.93. The van der Waals surface area contributed by atoms with Crippen LogP contribution in [-0.2, 0) is 13.1 Å². The lowest BCUT2D eigenvalue weighted by atomic mass is 10.3. The minimum atomic E-state index is 0.147. The van der Waals surface area contributed by atoms with Crippen molar-refractivity contribution in [1.29, 1.82) is 0 Å².